The molecule has 0 bridgehead atoms. The van der Waals surface area contributed by atoms with E-state index in [1.54, 1.807) is 6.08 Å². The number of esters is 1. The van der Waals surface area contributed by atoms with Gasteiger partial charge >= 0.3 is 5.97 Å². The number of methoxy groups -OCH3 is 1. The van der Waals surface area contributed by atoms with Crippen molar-refractivity contribution < 1.29 is 9.53 Å². The fourth-order valence-electron chi connectivity index (χ4n) is 2.26. The summed E-state index contributed by atoms with van der Waals surface area (Å²) in [4.78, 5) is 13.3. The van der Waals surface area contributed by atoms with Crippen molar-refractivity contribution in [3.8, 4) is 0 Å². The summed E-state index contributed by atoms with van der Waals surface area (Å²) in [5.74, 6) is -0.343. The Kier molecular flexibility index (Phi) is 6.24. The van der Waals surface area contributed by atoms with Gasteiger partial charge in [0.15, 0.2) is 0 Å². The average molecular weight is 295 g/mol. The van der Waals surface area contributed by atoms with Crippen LogP contribution in [0, 0.1) is 0 Å². The van der Waals surface area contributed by atoms with E-state index in [9.17, 15) is 4.79 Å². The highest BCUT2D eigenvalue weighted by Gasteiger charge is 2.10. The van der Waals surface area contributed by atoms with Crippen LogP contribution in [0.15, 0.2) is 78.6 Å². The van der Waals surface area contributed by atoms with Crippen LogP contribution in [0.2, 0.25) is 0 Å². The van der Waals surface area contributed by atoms with Gasteiger partial charge in [-0.05, 0) is 31.1 Å². The maximum atomic E-state index is 11.0. The van der Waals surface area contributed by atoms with Gasteiger partial charge in [0.05, 0.1) is 7.11 Å². The minimum atomic E-state index is -0.343. The van der Waals surface area contributed by atoms with Crippen LogP contribution in [0.3, 0.4) is 0 Å². The molecule has 0 aliphatic heterocycles. The lowest BCUT2D eigenvalue weighted by Crippen LogP contribution is -2.23. The van der Waals surface area contributed by atoms with Crippen LogP contribution >= 0.6 is 0 Å². The maximum absolute atomic E-state index is 11.0. The normalized spacial score (nSPS) is 14.3. The Bertz CT molecular complexity index is 597. The summed E-state index contributed by atoms with van der Waals surface area (Å²) in [5.41, 5.74) is 2.47. The van der Waals surface area contributed by atoms with E-state index in [-0.39, 0.29) is 5.97 Å². The Labute approximate surface area is 131 Å². The summed E-state index contributed by atoms with van der Waals surface area (Å²) in [6, 6.07) is 10.3. The SMILES string of the molecule is COC(=O)/C=C/C=C/CN(C1=CC=CCC1)c1ccccc1. The predicted octanol–water partition coefficient (Wildman–Crippen LogP) is 4.01. The molecule has 1 aliphatic carbocycles. The van der Waals surface area contributed by atoms with Crippen molar-refractivity contribution in [1.82, 2.24) is 0 Å². The van der Waals surface area contributed by atoms with Crippen molar-refractivity contribution in [3.63, 3.8) is 0 Å². The van der Waals surface area contributed by atoms with Crippen molar-refractivity contribution in [1.29, 1.82) is 0 Å². The molecule has 0 fully saturated rings. The monoisotopic (exact) mass is 295 g/mol. The zero-order valence-electron chi connectivity index (χ0n) is 12.8. The van der Waals surface area contributed by atoms with Gasteiger partial charge in [-0.1, -0.05) is 48.6 Å². The van der Waals surface area contributed by atoms with E-state index in [4.69, 9.17) is 0 Å². The smallest absolute Gasteiger partial charge is 0.330 e. The molecule has 1 aliphatic rings. The molecule has 0 amide bonds. The number of hydrogen-bond donors (Lipinski definition) is 0. The number of rotatable bonds is 6. The van der Waals surface area contributed by atoms with E-state index in [0.717, 1.165) is 19.4 Å². The predicted molar refractivity (Wildman–Crippen MR) is 90.5 cm³/mol. The van der Waals surface area contributed by atoms with Crippen LogP contribution in [0.1, 0.15) is 12.8 Å². The average Bonchev–Trinajstić information content (AvgIpc) is 2.59. The number of para-hydroxylation sites is 1. The van der Waals surface area contributed by atoms with E-state index in [1.165, 1.54) is 24.6 Å². The Morgan fingerprint density at radius 2 is 2.09 bits per heavy atom. The molecule has 2 rings (SSSR count). The summed E-state index contributed by atoms with van der Waals surface area (Å²) in [6.45, 7) is 0.759. The molecule has 1 aromatic rings. The third-order valence-electron chi connectivity index (χ3n) is 3.38. The van der Waals surface area contributed by atoms with Gasteiger partial charge in [0.1, 0.15) is 0 Å². The molecule has 114 valence electrons. The van der Waals surface area contributed by atoms with E-state index in [0.29, 0.717) is 0 Å². The number of benzene rings is 1. The Balaban J connectivity index is 2.07. The maximum Gasteiger partial charge on any atom is 0.330 e. The van der Waals surface area contributed by atoms with E-state index < -0.39 is 0 Å². The molecule has 0 saturated heterocycles. The highest BCUT2D eigenvalue weighted by atomic mass is 16.5. The Morgan fingerprint density at radius 3 is 2.77 bits per heavy atom. The molecule has 0 heterocycles. The number of carbonyl (C=O) groups excluding carboxylic acids is 1. The first-order valence-corrected chi connectivity index (χ1v) is 7.40. The van der Waals surface area contributed by atoms with Gasteiger partial charge in [-0.15, -0.1) is 0 Å². The highest BCUT2D eigenvalue weighted by Crippen LogP contribution is 2.24. The first-order valence-electron chi connectivity index (χ1n) is 7.40. The van der Waals surface area contributed by atoms with Crippen molar-refractivity contribution in [2.24, 2.45) is 0 Å². The van der Waals surface area contributed by atoms with Gasteiger partial charge in [0, 0.05) is 24.0 Å². The summed E-state index contributed by atoms with van der Waals surface area (Å²) in [6.07, 6.45) is 15.6. The molecular formula is C19H21NO2. The van der Waals surface area contributed by atoms with Crippen molar-refractivity contribution in [2.75, 3.05) is 18.6 Å². The highest BCUT2D eigenvalue weighted by molar-refractivity contribution is 5.82. The van der Waals surface area contributed by atoms with Gasteiger partial charge in [0.25, 0.3) is 0 Å². The standard InChI is InChI=1S/C19H21NO2/c1-22-19(21)15-9-4-10-16-20(17-11-5-2-6-12-17)18-13-7-3-8-14-18/h2-7,9-13,15H,8,14,16H2,1H3/b10-4+,15-9+. The first kappa shape index (κ1) is 15.8. The van der Waals surface area contributed by atoms with Gasteiger partial charge < -0.3 is 9.64 Å². The van der Waals surface area contributed by atoms with Gasteiger partial charge in [-0.25, -0.2) is 4.79 Å². The fraction of sp³-hybridized carbons (Fsp3) is 0.211. The van der Waals surface area contributed by atoms with Crippen LogP contribution in [0.5, 0.6) is 0 Å². The zero-order chi connectivity index (χ0) is 15.6. The number of carbonyl (C=O) groups is 1. The quantitative estimate of drug-likeness (QED) is 0.451. The molecule has 22 heavy (non-hydrogen) atoms. The van der Waals surface area contributed by atoms with Crippen LogP contribution in [-0.2, 0) is 9.53 Å². The van der Waals surface area contributed by atoms with Crippen LogP contribution < -0.4 is 4.90 Å². The molecule has 3 heteroatoms. The Hall–Kier alpha value is -2.55. The molecule has 0 atom stereocenters. The van der Waals surface area contributed by atoms with E-state index in [2.05, 4.69) is 40.0 Å². The molecule has 0 unspecified atom stereocenters. The second-order valence-electron chi connectivity index (χ2n) is 4.88. The Morgan fingerprint density at radius 1 is 1.27 bits per heavy atom. The van der Waals surface area contributed by atoms with Crippen LogP contribution in [0.4, 0.5) is 5.69 Å². The molecule has 0 radical (unpaired) electrons. The lowest BCUT2D eigenvalue weighted by Gasteiger charge is -2.27. The summed E-state index contributed by atoms with van der Waals surface area (Å²) in [7, 11) is 1.37. The molecule has 3 nitrogen and oxygen atoms in total. The number of allylic oxidation sites excluding steroid dienone is 6. The van der Waals surface area contributed by atoms with E-state index >= 15 is 0 Å². The van der Waals surface area contributed by atoms with Crippen molar-refractivity contribution >= 4 is 11.7 Å². The van der Waals surface area contributed by atoms with Crippen LogP contribution in [-0.4, -0.2) is 19.6 Å². The number of hydrogen-bond acceptors (Lipinski definition) is 3. The number of nitrogens with zero attached hydrogens (tertiary/aromatic N) is 1. The molecule has 0 spiro atoms. The fourth-order valence-corrected chi connectivity index (χ4v) is 2.26. The molecule has 0 saturated carbocycles. The van der Waals surface area contributed by atoms with Crippen LogP contribution in [0.25, 0.3) is 0 Å². The topological polar surface area (TPSA) is 29.5 Å². The second-order valence-corrected chi connectivity index (χ2v) is 4.88. The third-order valence-corrected chi connectivity index (χ3v) is 3.38. The summed E-state index contributed by atoms with van der Waals surface area (Å²) in [5, 5.41) is 0. The van der Waals surface area contributed by atoms with E-state index in [1.807, 2.05) is 30.4 Å². The lowest BCUT2D eigenvalue weighted by atomic mass is 10.1. The largest absolute Gasteiger partial charge is 0.466 e. The van der Waals surface area contributed by atoms with Crippen molar-refractivity contribution in [3.05, 3.63) is 78.6 Å². The lowest BCUT2D eigenvalue weighted by molar-refractivity contribution is -0.134. The number of ether oxygens (including phenoxy) is 1. The minimum absolute atomic E-state index is 0.343. The minimum Gasteiger partial charge on any atom is -0.466 e. The second kappa shape index (κ2) is 8.67. The van der Waals surface area contributed by atoms with Crippen molar-refractivity contribution in [2.45, 2.75) is 12.8 Å². The summed E-state index contributed by atoms with van der Waals surface area (Å²) < 4.78 is 4.56. The molecule has 0 aromatic heterocycles. The first-order chi connectivity index (χ1) is 10.8. The zero-order valence-corrected chi connectivity index (χ0v) is 12.8. The molecular weight excluding hydrogens is 274 g/mol. The van der Waals surface area contributed by atoms with Gasteiger partial charge in [-0.2, -0.15) is 0 Å². The number of anilines is 1. The summed E-state index contributed by atoms with van der Waals surface area (Å²) >= 11 is 0. The van der Waals surface area contributed by atoms with Gasteiger partial charge in [-0.3, -0.25) is 0 Å². The molecule has 1 aromatic carbocycles. The molecule has 0 N–H and O–H groups in total. The third kappa shape index (κ3) is 4.77. The van der Waals surface area contributed by atoms with Gasteiger partial charge in [0.2, 0.25) is 0 Å².